The minimum absolute atomic E-state index is 0.0293. The molecule has 1 amide bonds. The number of carbonyl (C=O) groups excluding carboxylic acids is 1. The summed E-state index contributed by atoms with van der Waals surface area (Å²) in [4.78, 5) is 22.8. The number of nitrogens with zero attached hydrogens (tertiary/aromatic N) is 3. The molecule has 0 bridgehead atoms. The summed E-state index contributed by atoms with van der Waals surface area (Å²) in [5.41, 5.74) is -1.53. The number of aromatic nitrogens is 2. The van der Waals surface area contributed by atoms with Crippen LogP contribution in [0.3, 0.4) is 0 Å². The molecule has 0 spiro atoms. The first kappa shape index (κ1) is 28.9. The van der Waals surface area contributed by atoms with E-state index >= 15 is 0 Å². The molecule has 208 valence electrons. The molecule has 0 radical (unpaired) electrons. The normalized spacial score (nSPS) is 12.7. The molecule has 12 heteroatoms. The Morgan fingerprint density at radius 1 is 0.825 bits per heavy atom. The van der Waals surface area contributed by atoms with Gasteiger partial charge in [-0.15, -0.1) is 0 Å². The monoisotopic (exact) mass is 577 g/mol. The highest BCUT2D eigenvalue weighted by atomic mass is 32.2. The molecule has 2 aromatic heterocycles. The van der Waals surface area contributed by atoms with Gasteiger partial charge >= 0.3 is 12.4 Å². The van der Waals surface area contributed by atoms with Crippen molar-refractivity contribution in [3.63, 3.8) is 0 Å². The highest BCUT2D eigenvalue weighted by Crippen LogP contribution is 2.37. The topological polar surface area (TPSA) is 63.2 Å². The van der Waals surface area contributed by atoms with E-state index in [0.717, 1.165) is 10.5 Å². The van der Waals surface area contributed by atoms with E-state index in [4.69, 9.17) is 0 Å². The van der Waals surface area contributed by atoms with Crippen LogP contribution < -0.4 is 0 Å². The van der Waals surface area contributed by atoms with Crippen LogP contribution in [0.2, 0.25) is 0 Å². The van der Waals surface area contributed by atoms with Crippen LogP contribution in [-0.2, 0) is 29.7 Å². The Morgan fingerprint density at radius 2 is 1.45 bits per heavy atom. The molecule has 0 N–H and O–H groups in total. The lowest BCUT2D eigenvalue weighted by Gasteiger charge is -2.21. The quantitative estimate of drug-likeness (QED) is 0.233. The highest BCUT2D eigenvalue weighted by molar-refractivity contribution is 7.84. The minimum atomic E-state index is -5.01. The average molecular weight is 578 g/mol. The van der Waals surface area contributed by atoms with Gasteiger partial charge in [-0.05, 0) is 65.6 Å². The number of alkyl halides is 6. The van der Waals surface area contributed by atoms with Crippen molar-refractivity contribution < 1.29 is 35.3 Å². The maximum Gasteiger partial charge on any atom is 0.416 e. The number of hydrogen-bond donors (Lipinski definition) is 0. The van der Waals surface area contributed by atoms with Crippen LogP contribution in [0.4, 0.5) is 26.3 Å². The van der Waals surface area contributed by atoms with E-state index in [1.54, 1.807) is 49.4 Å². The lowest BCUT2D eigenvalue weighted by Crippen LogP contribution is -2.27. The molecule has 4 aromatic rings. The van der Waals surface area contributed by atoms with Gasteiger partial charge in [0.05, 0.1) is 16.7 Å². The Morgan fingerprint density at radius 3 is 2.02 bits per heavy atom. The van der Waals surface area contributed by atoms with Crippen LogP contribution >= 0.6 is 0 Å². The summed E-state index contributed by atoms with van der Waals surface area (Å²) in [7, 11) is -0.522. The molecule has 4 rings (SSSR count). The van der Waals surface area contributed by atoms with Gasteiger partial charge in [-0.1, -0.05) is 30.3 Å². The first-order valence-corrected chi connectivity index (χ1v) is 12.8. The average Bonchev–Trinajstić information content (AvgIpc) is 2.91. The maximum absolute atomic E-state index is 13.5. The Hall–Kier alpha value is -4.06. The number of benzene rings is 2. The van der Waals surface area contributed by atoms with Crippen LogP contribution in [0, 0.1) is 6.92 Å². The molecule has 1 atom stereocenters. The highest BCUT2D eigenvalue weighted by Gasteiger charge is 2.37. The molecule has 0 aliphatic heterocycles. The number of aryl methyl sites for hydroxylation is 1. The van der Waals surface area contributed by atoms with Crippen molar-refractivity contribution in [1.82, 2.24) is 14.9 Å². The summed E-state index contributed by atoms with van der Waals surface area (Å²) in [5, 5.41) is 0.357. The fourth-order valence-electron chi connectivity index (χ4n) is 4.03. The Balaban J connectivity index is 1.75. The smallest absolute Gasteiger partial charge is 0.337 e. The second-order valence-electron chi connectivity index (χ2n) is 8.90. The molecule has 0 fully saturated rings. The van der Waals surface area contributed by atoms with Gasteiger partial charge in [0.15, 0.2) is 0 Å². The lowest BCUT2D eigenvalue weighted by molar-refractivity contribution is -0.143. The third kappa shape index (κ3) is 6.39. The van der Waals surface area contributed by atoms with E-state index in [-0.39, 0.29) is 27.2 Å². The third-order valence-electron chi connectivity index (χ3n) is 5.98. The van der Waals surface area contributed by atoms with E-state index in [1.165, 1.54) is 25.5 Å². The van der Waals surface area contributed by atoms with Crippen molar-refractivity contribution in [1.29, 1.82) is 0 Å². The minimum Gasteiger partial charge on any atom is -0.337 e. The van der Waals surface area contributed by atoms with Gasteiger partial charge in [0.25, 0.3) is 5.91 Å². The van der Waals surface area contributed by atoms with Crippen LogP contribution in [-0.4, -0.2) is 32.0 Å². The SMILES string of the molecule is Cc1ccccc1-c1cc(S(=O)c2ccccn2)ncc1C(=O)N(C)Cc1cc(C(F)(F)F)cc(C(F)(F)F)c1. The summed E-state index contributed by atoms with van der Waals surface area (Å²) in [6, 6.07) is 14.6. The predicted octanol–water partition coefficient (Wildman–Crippen LogP) is 6.93. The standard InChI is InChI=1S/C28H21F6N3O2S/c1-17-7-3-4-8-21(17)22-14-25(40(39)24-9-5-6-10-35-24)36-15-23(22)26(38)37(2)16-18-11-19(27(29,30)31)13-20(12-18)28(32,33)34/h3-15H,16H2,1-2H3. The summed E-state index contributed by atoms with van der Waals surface area (Å²) in [5.74, 6) is -0.702. The number of halogens is 6. The summed E-state index contributed by atoms with van der Waals surface area (Å²) < 4.78 is 93.0. The Kier molecular flexibility index (Phi) is 8.10. The third-order valence-corrected chi connectivity index (χ3v) is 7.20. The van der Waals surface area contributed by atoms with Gasteiger partial charge in [0.1, 0.15) is 20.9 Å². The Bertz CT molecular complexity index is 1540. The molecular formula is C28H21F6N3O2S. The van der Waals surface area contributed by atoms with Crippen molar-refractivity contribution >= 4 is 16.7 Å². The first-order valence-electron chi connectivity index (χ1n) is 11.7. The molecule has 0 aliphatic carbocycles. The number of amides is 1. The van der Waals surface area contributed by atoms with Gasteiger partial charge in [-0.2, -0.15) is 26.3 Å². The maximum atomic E-state index is 13.5. The first-order chi connectivity index (χ1) is 18.8. The molecule has 0 aliphatic rings. The van der Waals surface area contributed by atoms with E-state index in [2.05, 4.69) is 9.97 Å². The molecule has 40 heavy (non-hydrogen) atoms. The van der Waals surface area contributed by atoms with Gasteiger partial charge in [-0.3, -0.25) is 4.79 Å². The molecule has 0 saturated carbocycles. The van der Waals surface area contributed by atoms with Gasteiger partial charge < -0.3 is 4.90 Å². The summed E-state index contributed by atoms with van der Waals surface area (Å²) >= 11 is 0. The number of pyridine rings is 2. The van der Waals surface area contributed by atoms with E-state index in [1.807, 2.05) is 0 Å². The molecule has 5 nitrogen and oxygen atoms in total. The molecule has 2 aromatic carbocycles. The zero-order valence-corrected chi connectivity index (χ0v) is 21.9. The Labute approximate surface area is 228 Å². The van der Waals surface area contributed by atoms with Crippen molar-refractivity contribution in [2.75, 3.05) is 7.05 Å². The fourth-order valence-corrected chi connectivity index (χ4v) is 4.98. The van der Waals surface area contributed by atoms with Crippen LogP contribution in [0.25, 0.3) is 11.1 Å². The van der Waals surface area contributed by atoms with Gasteiger partial charge in [0, 0.05) is 26.0 Å². The summed E-state index contributed by atoms with van der Waals surface area (Å²) in [6.07, 6.45) is -7.36. The van der Waals surface area contributed by atoms with Crippen molar-refractivity contribution in [3.8, 4) is 11.1 Å². The number of rotatable bonds is 6. The largest absolute Gasteiger partial charge is 0.416 e. The van der Waals surface area contributed by atoms with Gasteiger partial charge in [-0.25, -0.2) is 14.2 Å². The van der Waals surface area contributed by atoms with Gasteiger partial charge in [0.2, 0.25) is 0 Å². The zero-order valence-electron chi connectivity index (χ0n) is 21.0. The van der Waals surface area contributed by atoms with Crippen molar-refractivity contribution in [3.05, 3.63) is 107 Å². The van der Waals surface area contributed by atoms with E-state index < -0.39 is 46.7 Å². The lowest BCUT2D eigenvalue weighted by atomic mass is 9.97. The van der Waals surface area contributed by atoms with E-state index in [0.29, 0.717) is 23.3 Å². The fraction of sp³-hybridized carbons (Fsp3) is 0.179. The second-order valence-corrected chi connectivity index (χ2v) is 10.3. The molecule has 2 heterocycles. The van der Waals surface area contributed by atoms with Crippen LogP contribution in [0.5, 0.6) is 0 Å². The number of hydrogen-bond acceptors (Lipinski definition) is 4. The summed E-state index contributed by atoms with van der Waals surface area (Å²) in [6.45, 7) is 1.26. The van der Waals surface area contributed by atoms with Crippen molar-refractivity contribution in [2.45, 2.75) is 35.9 Å². The molecular weight excluding hydrogens is 556 g/mol. The second kappa shape index (κ2) is 11.2. The van der Waals surface area contributed by atoms with Crippen LogP contribution in [0.1, 0.15) is 32.6 Å². The molecule has 1 unspecified atom stereocenters. The van der Waals surface area contributed by atoms with Crippen molar-refractivity contribution in [2.24, 2.45) is 0 Å². The molecule has 0 saturated heterocycles. The zero-order chi connectivity index (χ0) is 29.2. The number of carbonyl (C=O) groups is 1. The predicted molar refractivity (Wildman–Crippen MR) is 136 cm³/mol. The van der Waals surface area contributed by atoms with E-state index in [9.17, 15) is 35.3 Å². The van der Waals surface area contributed by atoms with Crippen LogP contribution in [0.15, 0.2) is 89.2 Å².